The van der Waals surface area contributed by atoms with Gasteiger partial charge in [0.25, 0.3) is 0 Å². The van der Waals surface area contributed by atoms with Crippen molar-refractivity contribution in [2.75, 3.05) is 13.7 Å². The van der Waals surface area contributed by atoms with E-state index in [0.29, 0.717) is 5.75 Å². The quantitative estimate of drug-likeness (QED) is 0.772. The fourth-order valence-corrected chi connectivity index (χ4v) is 1.59. The summed E-state index contributed by atoms with van der Waals surface area (Å²) in [6.07, 6.45) is 3.62. The van der Waals surface area contributed by atoms with Gasteiger partial charge in [0.2, 0.25) is 0 Å². The summed E-state index contributed by atoms with van der Waals surface area (Å²) in [4.78, 5) is 0. The van der Waals surface area contributed by atoms with Crippen molar-refractivity contribution in [3.05, 3.63) is 23.8 Å². The van der Waals surface area contributed by atoms with Gasteiger partial charge in [0, 0.05) is 6.04 Å². The third kappa shape index (κ3) is 2.86. The molecule has 3 nitrogen and oxygen atoms in total. The highest BCUT2D eigenvalue weighted by Gasteiger charge is 2.19. The lowest BCUT2D eigenvalue weighted by atomic mass is 10.1. The van der Waals surface area contributed by atoms with E-state index in [1.807, 2.05) is 12.1 Å². The minimum absolute atomic E-state index is 0.205. The Morgan fingerprint density at radius 3 is 2.93 bits per heavy atom. The monoisotopic (exact) mass is 207 g/mol. The molecule has 2 rings (SSSR count). The summed E-state index contributed by atoms with van der Waals surface area (Å²) in [5.74, 6) is 0.760. The van der Waals surface area contributed by atoms with Gasteiger partial charge in [0.15, 0.2) is 11.5 Å². The molecule has 0 atom stereocenters. The van der Waals surface area contributed by atoms with Crippen LogP contribution in [0.15, 0.2) is 18.2 Å². The van der Waals surface area contributed by atoms with Crippen molar-refractivity contribution in [3.8, 4) is 11.5 Å². The summed E-state index contributed by atoms with van der Waals surface area (Å²) >= 11 is 0. The maximum atomic E-state index is 9.42. The summed E-state index contributed by atoms with van der Waals surface area (Å²) < 4.78 is 5.05. The lowest BCUT2D eigenvalue weighted by Gasteiger charge is -2.07. The Kier molecular flexibility index (Phi) is 3.11. The van der Waals surface area contributed by atoms with Crippen molar-refractivity contribution in [2.24, 2.45) is 0 Å². The predicted octanol–water partition coefficient (Wildman–Crippen LogP) is 1.70. The van der Waals surface area contributed by atoms with Crippen LogP contribution in [-0.2, 0) is 6.42 Å². The molecule has 15 heavy (non-hydrogen) atoms. The van der Waals surface area contributed by atoms with E-state index in [0.717, 1.165) is 19.0 Å². The first-order valence-electron chi connectivity index (χ1n) is 5.39. The van der Waals surface area contributed by atoms with Crippen LogP contribution in [0, 0.1) is 0 Å². The fourth-order valence-electron chi connectivity index (χ4n) is 1.59. The Morgan fingerprint density at radius 1 is 1.47 bits per heavy atom. The van der Waals surface area contributed by atoms with Crippen molar-refractivity contribution in [2.45, 2.75) is 25.3 Å². The Bertz CT molecular complexity index is 334. The Balaban J connectivity index is 1.89. The molecule has 1 aliphatic rings. The van der Waals surface area contributed by atoms with Gasteiger partial charge in [0.05, 0.1) is 7.11 Å². The lowest BCUT2D eigenvalue weighted by molar-refractivity contribution is 0.373. The zero-order valence-electron chi connectivity index (χ0n) is 8.99. The van der Waals surface area contributed by atoms with Crippen molar-refractivity contribution in [3.63, 3.8) is 0 Å². The summed E-state index contributed by atoms with van der Waals surface area (Å²) in [7, 11) is 1.57. The van der Waals surface area contributed by atoms with E-state index in [4.69, 9.17) is 4.74 Å². The van der Waals surface area contributed by atoms with E-state index in [1.165, 1.54) is 18.4 Å². The Hall–Kier alpha value is -1.22. The van der Waals surface area contributed by atoms with E-state index in [2.05, 4.69) is 5.32 Å². The zero-order chi connectivity index (χ0) is 10.7. The van der Waals surface area contributed by atoms with E-state index in [9.17, 15) is 5.11 Å². The molecule has 1 aromatic rings. The average molecular weight is 207 g/mol. The lowest BCUT2D eigenvalue weighted by Crippen LogP contribution is -2.19. The summed E-state index contributed by atoms with van der Waals surface area (Å²) in [5, 5.41) is 12.9. The molecule has 2 N–H and O–H groups in total. The van der Waals surface area contributed by atoms with Crippen LogP contribution in [0.3, 0.4) is 0 Å². The summed E-state index contributed by atoms with van der Waals surface area (Å²) in [6.45, 7) is 0.999. The molecule has 0 saturated heterocycles. The molecule has 0 unspecified atom stereocenters. The number of benzene rings is 1. The molecular weight excluding hydrogens is 190 g/mol. The second-order valence-corrected chi connectivity index (χ2v) is 3.98. The van der Waals surface area contributed by atoms with Crippen LogP contribution in [0.5, 0.6) is 11.5 Å². The Morgan fingerprint density at radius 2 is 2.27 bits per heavy atom. The minimum atomic E-state index is 0.205. The molecule has 0 spiro atoms. The number of hydrogen-bond donors (Lipinski definition) is 2. The molecule has 82 valence electrons. The number of phenolic OH excluding ortho intramolecular Hbond substituents is 1. The standard InChI is InChI=1S/C12H17NO2/c1-15-12-8-9(2-5-11(12)14)6-7-13-10-3-4-10/h2,5,8,10,13-14H,3-4,6-7H2,1H3. The third-order valence-corrected chi connectivity index (χ3v) is 2.67. The van der Waals surface area contributed by atoms with E-state index in [1.54, 1.807) is 13.2 Å². The van der Waals surface area contributed by atoms with Crippen molar-refractivity contribution >= 4 is 0 Å². The van der Waals surface area contributed by atoms with Gasteiger partial charge in [-0.2, -0.15) is 0 Å². The van der Waals surface area contributed by atoms with Crippen LogP contribution < -0.4 is 10.1 Å². The number of nitrogens with one attached hydrogen (secondary N) is 1. The molecule has 0 radical (unpaired) electrons. The van der Waals surface area contributed by atoms with Crippen LogP contribution in [0.25, 0.3) is 0 Å². The largest absolute Gasteiger partial charge is 0.504 e. The normalized spacial score (nSPS) is 15.3. The van der Waals surface area contributed by atoms with Gasteiger partial charge in [-0.3, -0.25) is 0 Å². The predicted molar refractivity (Wildman–Crippen MR) is 59.4 cm³/mol. The number of hydrogen-bond acceptors (Lipinski definition) is 3. The molecule has 0 heterocycles. The molecule has 1 aliphatic carbocycles. The van der Waals surface area contributed by atoms with Gasteiger partial charge in [-0.25, -0.2) is 0 Å². The highest BCUT2D eigenvalue weighted by atomic mass is 16.5. The van der Waals surface area contributed by atoms with E-state index >= 15 is 0 Å². The first-order valence-corrected chi connectivity index (χ1v) is 5.39. The third-order valence-electron chi connectivity index (χ3n) is 2.67. The summed E-state index contributed by atoms with van der Waals surface area (Å²) in [5.41, 5.74) is 1.19. The molecule has 0 amide bonds. The van der Waals surface area contributed by atoms with E-state index in [-0.39, 0.29) is 5.75 Å². The number of rotatable bonds is 5. The van der Waals surface area contributed by atoms with E-state index < -0.39 is 0 Å². The first-order chi connectivity index (χ1) is 7.29. The van der Waals surface area contributed by atoms with Crippen LogP contribution in [-0.4, -0.2) is 24.8 Å². The number of ether oxygens (including phenoxy) is 1. The van der Waals surface area contributed by atoms with Crippen LogP contribution in [0.1, 0.15) is 18.4 Å². The highest BCUT2D eigenvalue weighted by Crippen LogP contribution is 2.26. The van der Waals surface area contributed by atoms with Crippen molar-refractivity contribution in [1.82, 2.24) is 5.32 Å². The molecule has 0 aliphatic heterocycles. The maximum Gasteiger partial charge on any atom is 0.160 e. The molecule has 0 bridgehead atoms. The Labute approximate surface area is 90.1 Å². The van der Waals surface area contributed by atoms with Crippen LogP contribution >= 0.6 is 0 Å². The number of aromatic hydroxyl groups is 1. The molecular formula is C12H17NO2. The molecule has 1 saturated carbocycles. The van der Waals surface area contributed by atoms with Crippen LogP contribution in [0.4, 0.5) is 0 Å². The molecule has 0 aromatic heterocycles. The number of methoxy groups -OCH3 is 1. The maximum absolute atomic E-state index is 9.42. The van der Waals surface area contributed by atoms with Gasteiger partial charge in [-0.15, -0.1) is 0 Å². The molecule has 1 fully saturated rings. The molecule has 3 heteroatoms. The van der Waals surface area contributed by atoms with Gasteiger partial charge in [-0.1, -0.05) is 6.07 Å². The van der Waals surface area contributed by atoms with Crippen molar-refractivity contribution < 1.29 is 9.84 Å². The van der Waals surface area contributed by atoms with Crippen LogP contribution in [0.2, 0.25) is 0 Å². The van der Waals surface area contributed by atoms with Crippen molar-refractivity contribution in [1.29, 1.82) is 0 Å². The highest BCUT2D eigenvalue weighted by molar-refractivity contribution is 5.41. The topological polar surface area (TPSA) is 41.5 Å². The number of phenols is 1. The van der Waals surface area contributed by atoms with Gasteiger partial charge in [0.1, 0.15) is 0 Å². The second kappa shape index (κ2) is 4.53. The average Bonchev–Trinajstić information content (AvgIpc) is 3.04. The molecule has 1 aromatic carbocycles. The second-order valence-electron chi connectivity index (χ2n) is 3.98. The van der Waals surface area contributed by atoms with Gasteiger partial charge >= 0.3 is 0 Å². The fraction of sp³-hybridized carbons (Fsp3) is 0.500. The first kappa shape index (κ1) is 10.3. The SMILES string of the molecule is COc1cc(CCNC2CC2)ccc1O. The smallest absolute Gasteiger partial charge is 0.160 e. The van der Waals surface area contributed by atoms with Gasteiger partial charge in [-0.05, 0) is 43.5 Å². The zero-order valence-corrected chi connectivity index (χ0v) is 8.99. The minimum Gasteiger partial charge on any atom is -0.504 e. The van der Waals surface area contributed by atoms with Gasteiger partial charge < -0.3 is 15.2 Å². The summed E-state index contributed by atoms with van der Waals surface area (Å²) in [6, 6.07) is 6.27.